The predicted octanol–water partition coefficient (Wildman–Crippen LogP) is 3.74. The predicted molar refractivity (Wildman–Crippen MR) is 127 cm³/mol. The van der Waals surface area contributed by atoms with Crippen LogP contribution >= 0.6 is 11.6 Å². The first-order valence-electron chi connectivity index (χ1n) is 10.8. The van der Waals surface area contributed by atoms with E-state index in [-0.39, 0.29) is 10.9 Å². The quantitative estimate of drug-likeness (QED) is 0.629. The van der Waals surface area contributed by atoms with Gasteiger partial charge in [0.1, 0.15) is 0 Å². The molecule has 7 heteroatoms. The van der Waals surface area contributed by atoms with Gasteiger partial charge in [0, 0.05) is 53.7 Å². The Labute approximate surface area is 188 Å². The second-order valence-corrected chi connectivity index (χ2v) is 10.4. The molecule has 1 aliphatic carbocycles. The molecule has 1 heterocycles. The van der Waals surface area contributed by atoms with E-state index >= 15 is 0 Å². The first-order valence-corrected chi connectivity index (χ1v) is 12.6. The Bertz CT molecular complexity index is 1220. The highest BCUT2D eigenvalue weighted by atomic mass is 35.5. The van der Waals surface area contributed by atoms with Gasteiger partial charge in [0.05, 0.1) is 4.90 Å². The number of piperazine rings is 1. The molecule has 0 radical (unpaired) electrons. The lowest BCUT2D eigenvalue weighted by Crippen LogP contribution is -2.45. The van der Waals surface area contributed by atoms with Crippen molar-refractivity contribution in [2.75, 3.05) is 31.1 Å². The third-order valence-electron chi connectivity index (χ3n) is 6.36. The summed E-state index contributed by atoms with van der Waals surface area (Å²) in [5, 5.41) is 5.36. The molecule has 3 aromatic rings. The summed E-state index contributed by atoms with van der Waals surface area (Å²) in [5.74, 6) is 0. The van der Waals surface area contributed by atoms with Crippen LogP contribution in [0.15, 0.2) is 59.5 Å². The summed E-state index contributed by atoms with van der Waals surface area (Å²) in [6, 6.07) is 17.0. The number of fused-ring (bicyclic) bond motifs is 2. The molecule has 31 heavy (non-hydrogen) atoms. The first-order chi connectivity index (χ1) is 15.0. The summed E-state index contributed by atoms with van der Waals surface area (Å²) in [7, 11) is -3.68. The fourth-order valence-electron chi connectivity index (χ4n) is 4.83. The molecule has 1 fully saturated rings. The van der Waals surface area contributed by atoms with Crippen molar-refractivity contribution in [2.24, 2.45) is 0 Å². The van der Waals surface area contributed by atoms with E-state index in [9.17, 15) is 8.42 Å². The van der Waals surface area contributed by atoms with Gasteiger partial charge in [0.15, 0.2) is 0 Å². The van der Waals surface area contributed by atoms with E-state index in [2.05, 4.69) is 33.1 Å². The van der Waals surface area contributed by atoms with Crippen LogP contribution in [0.25, 0.3) is 10.8 Å². The number of benzene rings is 3. The van der Waals surface area contributed by atoms with Crippen LogP contribution in [0.4, 0.5) is 5.69 Å². The zero-order chi connectivity index (χ0) is 21.4. The standard InChI is InChI=1S/C24H26ClN3O2S/c25-22-7-2-6-20-19(22)5-3-9-24(20)31(29,30)27-18-11-10-17-4-1-8-23(21(17)16-18)28-14-12-26-13-15-28/h1-9,18,26-27H,10-16H2. The van der Waals surface area contributed by atoms with Crippen LogP contribution in [-0.4, -0.2) is 40.6 Å². The molecule has 5 rings (SSSR count). The Morgan fingerprint density at radius 3 is 2.55 bits per heavy atom. The number of nitrogens with zero attached hydrogens (tertiary/aromatic N) is 1. The second-order valence-electron chi connectivity index (χ2n) is 8.30. The van der Waals surface area contributed by atoms with Crippen molar-refractivity contribution in [3.8, 4) is 0 Å². The number of sulfonamides is 1. The number of halogens is 1. The van der Waals surface area contributed by atoms with Crippen LogP contribution < -0.4 is 14.9 Å². The lowest BCUT2D eigenvalue weighted by molar-refractivity contribution is 0.506. The van der Waals surface area contributed by atoms with E-state index in [1.807, 2.05) is 12.1 Å². The van der Waals surface area contributed by atoms with Gasteiger partial charge in [-0.05, 0) is 48.6 Å². The van der Waals surface area contributed by atoms with Crippen LogP contribution in [0.5, 0.6) is 0 Å². The van der Waals surface area contributed by atoms with Gasteiger partial charge in [-0.15, -0.1) is 0 Å². The van der Waals surface area contributed by atoms with Crippen LogP contribution in [-0.2, 0) is 22.9 Å². The Morgan fingerprint density at radius 1 is 0.968 bits per heavy atom. The van der Waals surface area contributed by atoms with Crippen LogP contribution in [0, 0.1) is 0 Å². The monoisotopic (exact) mass is 455 g/mol. The topological polar surface area (TPSA) is 61.4 Å². The molecule has 1 unspecified atom stereocenters. The van der Waals surface area contributed by atoms with Crippen molar-refractivity contribution in [3.63, 3.8) is 0 Å². The molecule has 2 aliphatic rings. The van der Waals surface area contributed by atoms with Gasteiger partial charge in [-0.1, -0.05) is 48.0 Å². The molecule has 1 saturated heterocycles. The van der Waals surface area contributed by atoms with Gasteiger partial charge in [0.2, 0.25) is 10.0 Å². The molecular formula is C24H26ClN3O2S. The maximum Gasteiger partial charge on any atom is 0.241 e. The van der Waals surface area contributed by atoms with Crippen molar-refractivity contribution in [1.82, 2.24) is 10.0 Å². The number of hydrogen-bond donors (Lipinski definition) is 2. The summed E-state index contributed by atoms with van der Waals surface area (Å²) in [6.07, 6.45) is 2.38. The van der Waals surface area contributed by atoms with Crippen molar-refractivity contribution in [3.05, 3.63) is 70.7 Å². The van der Waals surface area contributed by atoms with Gasteiger partial charge in [0.25, 0.3) is 0 Å². The molecule has 1 atom stereocenters. The van der Waals surface area contributed by atoms with E-state index in [4.69, 9.17) is 11.6 Å². The zero-order valence-electron chi connectivity index (χ0n) is 17.3. The number of nitrogens with one attached hydrogen (secondary N) is 2. The fraction of sp³-hybridized carbons (Fsp3) is 0.333. The SMILES string of the molecule is O=S(=O)(NC1CCc2cccc(N3CCNCC3)c2C1)c1cccc2c(Cl)cccc12. The smallest absolute Gasteiger partial charge is 0.241 e. The molecule has 162 valence electrons. The maximum atomic E-state index is 13.4. The molecule has 2 N–H and O–H groups in total. The molecule has 0 amide bonds. The molecule has 3 aromatic carbocycles. The zero-order valence-corrected chi connectivity index (χ0v) is 18.8. The van der Waals surface area contributed by atoms with Gasteiger partial charge in [-0.3, -0.25) is 0 Å². The van der Waals surface area contributed by atoms with Crippen molar-refractivity contribution < 1.29 is 8.42 Å². The number of anilines is 1. The Hall–Kier alpha value is -2.12. The molecule has 0 bridgehead atoms. The van der Waals surface area contributed by atoms with E-state index < -0.39 is 10.0 Å². The van der Waals surface area contributed by atoms with Crippen molar-refractivity contribution in [1.29, 1.82) is 0 Å². The summed E-state index contributed by atoms with van der Waals surface area (Å²) >= 11 is 6.29. The highest BCUT2D eigenvalue weighted by Crippen LogP contribution is 2.33. The minimum absolute atomic E-state index is 0.129. The third-order valence-corrected chi connectivity index (χ3v) is 8.27. The van der Waals surface area contributed by atoms with Gasteiger partial charge < -0.3 is 10.2 Å². The van der Waals surface area contributed by atoms with Gasteiger partial charge in [-0.2, -0.15) is 0 Å². The normalized spacial score (nSPS) is 19.4. The molecule has 0 saturated carbocycles. The fourth-order valence-corrected chi connectivity index (χ4v) is 6.56. The van der Waals surface area contributed by atoms with E-state index in [0.717, 1.165) is 44.4 Å². The Morgan fingerprint density at radius 2 is 1.71 bits per heavy atom. The highest BCUT2D eigenvalue weighted by Gasteiger charge is 2.28. The maximum absolute atomic E-state index is 13.4. The molecule has 0 spiro atoms. The van der Waals surface area contributed by atoms with Gasteiger partial charge in [-0.25, -0.2) is 13.1 Å². The lowest BCUT2D eigenvalue weighted by Gasteiger charge is -2.34. The van der Waals surface area contributed by atoms with E-state index in [1.54, 1.807) is 24.3 Å². The third kappa shape index (κ3) is 4.05. The highest BCUT2D eigenvalue weighted by molar-refractivity contribution is 7.89. The minimum Gasteiger partial charge on any atom is -0.369 e. The first kappa shape index (κ1) is 20.8. The molecule has 0 aromatic heterocycles. The largest absolute Gasteiger partial charge is 0.369 e. The number of aryl methyl sites for hydroxylation is 1. The second kappa shape index (κ2) is 8.43. The number of rotatable bonds is 4. The van der Waals surface area contributed by atoms with E-state index in [0.29, 0.717) is 16.8 Å². The summed E-state index contributed by atoms with van der Waals surface area (Å²) in [6.45, 7) is 3.90. The average molecular weight is 456 g/mol. The Balaban J connectivity index is 1.43. The van der Waals surface area contributed by atoms with Crippen molar-refractivity contribution >= 4 is 38.1 Å². The van der Waals surface area contributed by atoms with Gasteiger partial charge >= 0.3 is 0 Å². The van der Waals surface area contributed by atoms with Crippen LogP contribution in [0.1, 0.15) is 17.5 Å². The van der Waals surface area contributed by atoms with E-state index in [1.165, 1.54) is 16.8 Å². The van der Waals surface area contributed by atoms with Crippen LogP contribution in [0.3, 0.4) is 0 Å². The lowest BCUT2D eigenvalue weighted by atomic mass is 9.87. The molecule has 5 nitrogen and oxygen atoms in total. The molecular weight excluding hydrogens is 430 g/mol. The summed E-state index contributed by atoms with van der Waals surface area (Å²) < 4.78 is 29.7. The van der Waals surface area contributed by atoms with Crippen molar-refractivity contribution in [2.45, 2.75) is 30.2 Å². The molecule has 1 aliphatic heterocycles. The summed E-state index contributed by atoms with van der Waals surface area (Å²) in [5.41, 5.74) is 3.87. The Kier molecular flexibility index (Phi) is 5.65. The average Bonchev–Trinajstić information content (AvgIpc) is 2.79. The summed E-state index contributed by atoms with van der Waals surface area (Å²) in [4.78, 5) is 2.70. The number of hydrogen-bond acceptors (Lipinski definition) is 4. The van der Waals surface area contributed by atoms with Crippen LogP contribution in [0.2, 0.25) is 5.02 Å². The minimum atomic E-state index is -3.68.